The smallest absolute Gasteiger partial charge is 0.0408 e. The first-order valence-electron chi connectivity index (χ1n) is 6.54. The molecule has 1 fully saturated rings. The average Bonchev–Trinajstić information content (AvgIpc) is 2.80. The summed E-state index contributed by atoms with van der Waals surface area (Å²) < 4.78 is 0. The number of hydrogen-bond donors (Lipinski definition) is 1. The van der Waals surface area contributed by atoms with Crippen molar-refractivity contribution in [1.29, 1.82) is 0 Å². The van der Waals surface area contributed by atoms with E-state index < -0.39 is 0 Å². The lowest BCUT2D eigenvalue weighted by Gasteiger charge is -2.23. The van der Waals surface area contributed by atoms with Crippen LogP contribution in [0.2, 0.25) is 5.02 Å². The lowest BCUT2D eigenvalue weighted by Crippen LogP contribution is -2.31. The molecule has 1 heterocycles. The van der Waals surface area contributed by atoms with Gasteiger partial charge >= 0.3 is 0 Å². The molecule has 1 N–H and O–H groups in total. The van der Waals surface area contributed by atoms with Crippen LogP contribution in [0.3, 0.4) is 0 Å². The molecule has 1 nitrogen and oxygen atoms in total. The zero-order chi connectivity index (χ0) is 12.4. The number of hydrogen-bond acceptors (Lipinski definition) is 3. The maximum absolute atomic E-state index is 6.04. The van der Waals surface area contributed by atoms with Crippen LogP contribution in [0.5, 0.6) is 0 Å². The second-order valence-electron chi connectivity index (χ2n) is 4.91. The summed E-state index contributed by atoms with van der Waals surface area (Å²) in [7, 11) is 0. The van der Waals surface area contributed by atoms with Crippen molar-refractivity contribution in [3.8, 4) is 0 Å². The Kier molecular flexibility index (Phi) is 4.45. The van der Waals surface area contributed by atoms with Crippen molar-refractivity contribution < 1.29 is 0 Å². The lowest BCUT2D eigenvalue weighted by molar-refractivity contribution is 0.534. The molecule has 2 atom stereocenters. The first-order valence-corrected chi connectivity index (χ1v) is 9.12. The predicted molar refractivity (Wildman–Crippen MR) is 84.1 cm³/mol. The minimum atomic E-state index is 0.546. The van der Waals surface area contributed by atoms with E-state index in [-0.39, 0.29) is 0 Å². The summed E-state index contributed by atoms with van der Waals surface area (Å²) in [5, 5.41) is 5.41. The van der Waals surface area contributed by atoms with Gasteiger partial charge in [0.1, 0.15) is 0 Å². The van der Waals surface area contributed by atoms with Gasteiger partial charge < -0.3 is 5.32 Å². The minimum absolute atomic E-state index is 0.546. The largest absolute Gasteiger partial charge is 0.309 e. The van der Waals surface area contributed by atoms with Crippen molar-refractivity contribution in [1.82, 2.24) is 5.32 Å². The Morgan fingerprint density at radius 3 is 3.11 bits per heavy atom. The Labute approximate surface area is 122 Å². The van der Waals surface area contributed by atoms with E-state index in [1.807, 2.05) is 6.07 Å². The Balaban J connectivity index is 1.59. The maximum atomic E-state index is 6.04. The molecular weight excluding hydrogens is 282 g/mol. The molecule has 0 saturated carbocycles. The van der Waals surface area contributed by atoms with Gasteiger partial charge in [0, 0.05) is 40.1 Å². The molecule has 1 saturated heterocycles. The summed E-state index contributed by atoms with van der Waals surface area (Å²) in [6.45, 7) is 1.14. The highest BCUT2D eigenvalue weighted by Gasteiger charge is 2.23. The molecule has 1 aliphatic heterocycles. The third-order valence-corrected chi connectivity index (χ3v) is 6.74. The summed E-state index contributed by atoms with van der Waals surface area (Å²) in [4.78, 5) is 0. The van der Waals surface area contributed by atoms with E-state index in [4.69, 9.17) is 11.6 Å². The number of fused-ring (bicyclic) bond motifs is 1. The molecule has 0 bridgehead atoms. The van der Waals surface area contributed by atoms with Crippen LogP contribution in [-0.4, -0.2) is 29.1 Å². The van der Waals surface area contributed by atoms with Gasteiger partial charge in [-0.1, -0.05) is 17.7 Å². The summed E-state index contributed by atoms with van der Waals surface area (Å²) in [6.07, 6.45) is 2.39. The molecule has 0 spiro atoms. The van der Waals surface area contributed by atoms with Gasteiger partial charge in [-0.25, -0.2) is 0 Å². The quantitative estimate of drug-likeness (QED) is 0.912. The topological polar surface area (TPSA) is 12.0 Å². The highest BCUT2D eigenvalue weighted by Crippen LogP contribution is 2.33. The van der Waals surface area contributed by atoms with Gasteiger partial charge in [0.05, 0.1) is 0 Å². The van der Waals surface area contributed by atoms with Crippen molar-refractivity contribution in [2.75, 3.05) is 23.8 Å². The number of halogens is 1. The molecule has 18 heavy (non-hydrogen) atoms. The van der Waals surface area contributed by atoms with E-state index >= 15 is 0 Å². The first kappa shape index (κ1) is 13.2. The summed E-state index contributed by atoms with van der Waals surface area (Å²) in [5.41, 5.74) is 2.90. The van der Waals surface area contributed by atoms with Gasteiger partial charge in [-0.05, 0) is 36.1 Å². The van der Waals surface area contributed by atoms with E-state index in [9.17, 15) is 0 Å². The lowest BCUT2D eigenvalue weighted by atomic mass is 10.1. The van der Waals surface area contributed by atoms with Gasteiger partial charge in [0.25, 0.3) is 0 Å². The van der Waals surface area contributed by atoms with Gasteiger partial charge in [-0.3, -0.25) is 0 Å². The van der Waals surface area contributed by atoms with E-state index in [0.717, 1.165) is 16.8 Å². The fraction of sp³-hybridized carbons (Fsp3) is 0.571. The van der Waals surface area contributed by atoms with E-state index in [2.05, 4.69) is 41.0 Å². The van der Waals surface area contributed by atoms with Crippen LogP contribution in [0, 0.1) is 0 Å². The van der Waals surface area contributed by atoms with Gasteiger partial charge in [0.2, 0.25) is 0 Å². The molecule has 0 aromatic heterocycles. The van der Waals surface area contributed by atoms with Crippen LogP contribution in [0.4, 0.5) is 0 Å². The Morgan fingerprint density at radius 1 is 1.33 bits per heavy atom. The number of benzene rings is 1. The van der Waals surface area contributed by atoms with Crippen LogP contribution in [-0.2, 0) is 6.42 Å². The predicted octanol–water partition coefficient (Wildman–Crippen LogP) is 3.77. The van der Waals surface area contributed by atoms with Crippen molar-refractivity contribution >= 4 is 35.1 Å². The molecule has 1 aliphatic carbocycles. The van der Waals surface area contributed by atoms with Crippen molar-refractivity contribution in [3.05, 3.63) is 34.3 Å². The summed E-state index contributed by atoms with van der Waals surface area (Å²) >= 11 is 10.3. The van der Waals surface area contributed by atoms with Gasteiger partial charge in [-0.15, -0.1) is 0 Å². The molecule has 98 valence electrons. The van der Waals surface area contributed by atoms with E-state index in [1.54, 1.807) is 0 Å². The second kappa shape index (κ2) is 6.08. The van der Waals surface area contributed by atoms with Crippen molar-refractivity contribution in [3.63, 3.8) is 0 Å². The fourth-order valence-corrected chi connectivity index (χ4v) is 5.55. The summed E-state index contributed by atoms with van der Waals surface area (Å²) in [5.74, 6) is 3.94. The monoisotopic (exact) mass is 299 g/mol. The van der Waals surface area contributed by atoms with Gasteiger partial charge in [0.15, 0.2) is 0 Å². The molecule has 0 radical (unpaired) electrons. The SMILES string of the molecule is Clc1ccc2c(c1)CCC2NCC1CSCCS1. The average molecular weight is 300 g/mol. The molecule has 3 rings (SSSR count). The highest BCUT2D eigenvalue weighted by molar-refractivity contribution is 8.06. The normalized spacial score (nSPS) is 27.2. The van der Waals surface area contributed by atoms with Crippen LogP contribution >= 0.6 is 35.1 Å². The minimum Gasteiger partial charge on any atom is -0.309 e. The standard InChI is InChI=1S/C14H18ClNS2/c15-11-2-3-13-10(7-11)1-4-14(13)16-8-12-9-17-5-6-18-12/h2-3,7,12,14,16H,1,4-6,8-9H2. The Morgan fingerprint density at radius 2 is 2.28 bits per heavy atom. The Bertz CT molecular complexity index is 418. The molecule has 0 amide bonds. The van der Waals surface area contributed by atoms with E-state index in [0.29, 0.717) is 6.04 Å². The molecule has 1 aromatic carbocycles. The molecule has 2 unspecified atom stereocenters. The highest BCUT2D eigenvalue weighted by atomic mass is 35.5. The number of rotatable bonds is 3. The molecule has 1 aromatic rings. The zero-order valence-corrected chi connectivity index (χ0v) is 12.7. The van der Waals surface area contributed by atoms with Crippen molar-refractivity contribution in [2.45, 2.75) is 24.1 Å². The molecule has 4 heteroatoms. The van der Waals surface area contributed by atoms with Crippen molar-refractivity contribution in [2.24, 2.45) is 0 Å². The Hall–Kier alpha value is 0.170. The number of thioether (sulfide) groups is 2. The second-order valence-corrected chi connectivity index (χ2v) is 7.90. The third-order valence-electron chi connectivity index (χ3n) is 3.66. The molecule has 2 aliphatic rings. The zero-order valence-electron chi connectivity index (χ0n) is 10.3. The fourth-order valence-electron chi connectivity index (χ4n) is 2.73. The van der Waals surface area contributed by atoms with E-state index in [1.165, 1.54) is 41.2 Å². The molecular formula is C14H18ClNS2. The maximum Gasteiger partial charge on any atom is 0.0408 e. The van der Waals surface area contributed by atoms with Crippen LogP contribution < -0.4 is 5.32 Å². The summed E-state index contributed by atoms with van der Waals surface area (Å²) in [6, 6.07) is 6.89. The first-order chi connectivity index (χ1) is 8.83. The third kappa shape index (κ3) is 3.01. The van der Waals surface area contributed by atoms with Crippen LogP contribution in [0.15, 0.2) is 18.2 Å². The van der Waals surface area contributed by atoms with Crippen LogP contribution in [0.25, 0.3) is 0 Å². The number of aryl methyl sites for hydroxylation is 1. The number of nitrogens with one attached hydrogen (secondary N) is 1. The van der Waals surface area contributed by atoms with Crippen LogP contribution in [0.1, 0.15) is 23.6 Å². The van der Waals surface area contributed by atoms with Gasteiger partial charge in [-0.2, -0.15) is 23.5 Å².